The van der Waals surface area contributed by atoms with Gasteiger partial charge in [0.1, 0.15) is 5.82 Å². The molecule has 21 heavy (non-hydrogen) atoms. The molecule has 0 bridgehead atoms. The zero-order chi connectivity index (χ0) is 15.4. The number of aliphatic hydroxyl groups is 1. The summed E-state index contributed by atoms with van der Waals surface area (Å²) in [5.41, 5.74) is 1.08. The Morgan fingerprint density at radius 3 is 2.95 bits per heavy atom. The minimum atomic E-state index is -0.119. The van der Waals surface area contributed by atoms with Crippen molar-refractivity contribution in [1.29, 1.82) is 0 Å². The molecule has 2 heterocycles. The minimum absolute atomic E-state index is 0.00437. The Labute approximate surface area is 125 Å². The maximum Gasteiger partial charge on any atom is 0.275 e. The molecular formula is C15H24N4O2. The van der Waals surface area contributed by atoms with Crippen molar-refractivity contribution in [2.75, 3.05) is 25.0 Å². The fourth-order valence-corrected chi connectivity index (χ4v) is 2.59. The molecule has 1 saturated heterocycles. The summed E-state index contributed by atoms with van der Waals surface area (Å²) in [6.07, 6.45) is 3.46. The van der Waals surface area contributed by atoms with Crippen LogP contribution < -0.4 is 5.32 Å². The molecule has 1 amide bonds. The van der Waals surface area contributed by atoms with Gasteiger partial charge >= 0.3 is 0 Å². The first kappa shape index (κ1) is 15.7. The highest BCUT2D eigenvalue weighted by Crippen LogP contribution is 2.23. The third-order valence-corrected chi connectivity index (χ3v) is 3.74. The van der Waals surface area contributed by atoms with Crippen LogP contribution in [-0.4, -0.2) is 51.6 Å². The second-order valence-electron chi connectivity index (χ2n) is 5.65. The SMILES string of the molecule is CCNc1cnc(C(C)C)nc1C(=O)N1CCCC1CO. The number of nitrogens with zero attached hydrogens (tertiary/aromatic N) is 3. The molecule has 6 heteroatoms. The van der Waals surface area contributed by atoms with Gasteiger partial charge in [0.2, 0.25) is 0 Å². The highest BCUT2D eigenvalue weighted by atomic mass is 16.3. The van der Waals surface area contributed by atoms with Crippen molar-refractivity contribution in [3.8, 4) is 0 Å². The Balaban J connectivity index is 2.35. The normalized spacial score (nSPS) is 18.3. The van der Waals surface area contributed by atoms with Gasteiger partial charge in [-0.3, -0.25) is 4.79 Å². The van der Waals surface area contributed by atoms with Crippen LogP contribution >= 0.6 is 0 Å². The van der Waals surface area contributed by atoms with E-state index in [4.69, 9.17) is 0 Å². The molecule has 0 saturated carbocycles. The molecule has 1 unspecified atom stereocenters. The molecule has 2 N–H and O–H groups in total. The first-order chi connectivity index (χ1) is 10.1. The lowest BCUT2D eigenvalue weighted by atomic mass is 10.2. The van der Waals surface area contributed by atoms with E-state index in [0.29, 0.717) is 30.3 Å². The lowest BCUT2D eigenvalue weighted by Gasteiger charge is -2.24. The number of carbonyl (C=O) groups excluding carboxylic acids is 1. The molecule has 0 aromatic carbocycles. The first-order valence-electron chi connectivity index (χ1n) is 7.61. The van der Waals surface area contributed by atoms with Gasteiger partial charge in [0.15, 0.2) is 5.69 Å². The van der Waals surface area contributed by atoms with E-state index >= 15 is 0 Å². The molecule has 1 aromatic rings. The Bertz CT molecular complexity index is 504. The van der Waals surface area contributed by atoms with Crippen LogP contribution in [0, 0.1) is 0 Å². The Hall–Kier alpha value is -1.69. The summed E-state index contributed by atoms with van der Waals surface area (Å²) in [4.78, 5) is 23.3. The van der Waals surface area contributed by atoms with Gasteiger partial charge in [-0.15, -0.1) is 0 Å². The fraction of sp³-hybridized carbons (Fsp3) is 0.667. The summed E-state index contributed by atoms with van der Waals surface area (Å²) >= 11 is 0. The van der Waals surface area contributed by atoms with E-state index < -0.39 is 0 Å². The largest absolute Gasteiger partial charge is 0.394 e. The number of aromatic nitrogens is 2. The van der Waals surface area contributed by atoms with Gasteiger partial charge < -0.3 is 15.3 Å². The molecule has 0 radical (unpaired) electrons. The molecule has 1 aliphatic rings. The molecule has 0 spiro atoms. The summed E-state index contributed by atoms with van der Waals surface area (Å²) in [5.74, 6) is 0.714. The van der Waals surface area contributed by atoms with Gasteiger partial charge in [0.05, 0.1) is 24.5 Å². The zero-order valence-corrected chi connectivity index (χ0v) is 13.0. The lowest BCUT2D eigenvalue weighted by molar-refractivity contribution is 0.0672. The predicted octanol–water partition coefficient (Wildman–Crippen LogP) is 1.63. The maximum absolute atomic E-state index is 12.8. The topological polar surface area (TPSA) is 78.4 Å². The molecule has 0 aliphatic carbocycles. The van der Waals surface area contributed by atoms with Crippen LogP contribution in [0.5, 0.6) is 0 Å². The van der Waals surface area contributed by atoms with Crippen molar-refractivity contribution in [2.24, 2.45) is 0 Å². The number of rotatable bonds is 5. The number of anilines is 1. The Morgan fingerprint density at radius 1 is 1.57 bits per heavy atom. The molecular weight excluding hydrogens is 268 g/mol. The third kappa shape index (κ3) is 3.32. The van der Waals surface area contributed by atoms with Gasteiger partial charge in [-0.1, -0.05) is 13.8 Å². The van der Waals surface area contributed by atoms with Crippen LogP contribution in [0.4, 0.5) is 5.69 Å². The summed E-state index contributed by atoms with van der Waals surface area (Å²) in [7, 11) is 0. The van der Waals surface area contributed by atoms with Gasteiger partial charge in [-0.25, -0.2) is 9.97 Å². The predicted molar refractivity (Wildman–Crippen MR) is 81.4 cm³/mol. The number of hydrogen-bond donors (Lipinski definition) is 2. The second kappa shape index (κ2) is 6.85. The van der Waals surface area contributed by atoms with E-state index in [1.807, 2.05) is 20.8 Å². The van der Waals surface area contributed by atoms with Crippen molar-refractivity contribution in [3.05, 3.63) is 17.7 Å². The van der Waals surface area contributed by atoms with E-state index in [1.165, 1.54) is 0 Å². The van der Waals surface area contributed by atoms with E-state index in [1.54, 1.807) is 11.1 Å². The molecule has 1 aromatic heterocycles. The van der Waals surface area contributed by atoms with Gasteiger partial charge in [-0.2, -0.15) is 0 Å². The number of hydrogen-bond acceptors (Lipinski definition) is 5. The van der Waals surface area contributed by atoms with Crippen LogP contribution in [0.15, 0.2) is 6.20 Å². The van der Waals surface area contributed by atoms with Crippen LogP contribution in [0.25, 0.3) is 0 Å². The number of carbonyl (C=O) groups is 1. The van der Waals surface area contributed by atoms with Crippen molar-refractivity contribution in [1.82, 2.24) is 14.9 Å². The van der Waals surface area contributed by atoms with Gasteiger partial charge in [0.25, 0.3) is 5.91 Å². The van der Waals surface area contributed by atoms with E-state index in [-0.39, 0.29) is 24.5 Å². The summed E-state index contributed by atoms with van der Waals surface area (Å²) < 4.78 is 0. The average Bonchev–Trinajstić information content (AvgIpc) is 2.95. The summed E-state index contributed by atoms with van der Waals surface area (Å²) in [6.45, 7) is 7.36. The smallest absolute Gasteiger partial charge is 0.275 e. The first-order valence-corrected chi connectivity index (χ1v) is 7.61. The molecule has 6 nitrogen and oxygen atoms in total. The molecule has 116 valence electrons. The second-order valence-corrected chi connectivity index (χ2v) is 5.65. The molecule has 1 fully saturated rings. The quantitative estimate of drug-likeness (QED) is 0.862. The van der Waals surface area contributed by atoms with Crippen molar-refractivity contribution >= 4 is 11.6 Å². The third-order valence-electron chi connectivity index (χ3n) is 3.74. The molecule has 1 aliphatic heterocycles. The highest BCUT2D eigenvalue weighted by molar-refractivity contribution is 5.97. The number of nitrogens with one attached hydrogen (secondary N) is 1. The van der Waals surface area contributed by atoms with Crippen LogP contribution in [0.3, 0.4) is 0 Å². The molecule has 2 rings (SSSR count). The van der Waals surface area contributed by atoms with E-state index in [9.17, 15) is 9.90 Å². The summed E-state index contributed by atoms with van der Waals surface area (Å²) in [5, 5.41) is 12.5. The minimum Gasteiger partial charge on any atom is -0.394 e. The lowest BCUT2D eigenvalue weighted by Crippen LogP contribution is -2.38. The number of aliphatic hydroxyl groups excluding tert-OH is 1. The number of amides is 1. The van der Waals surface area contributed by atoms with Crippen molar-refractivity contribution in [3.63, 3.8) is 0 Å². The van der Waals surface area contributed by atoms with Gasteiger partial charge in [-0.05, 0) is 19.8 Å². The van der Waals surface area contributed by atoms with Gasteiger partial charge in [0, 0.05) is 19.0 Å². The standard InChI is InChI=1S/C15H24N4O2/c1-4-16-12-8-17-14(10(2)3)18-13(12)15(21)19-7-5-6-11(19)9-20/h8,10-11,16,20H,4-7,9H2,1-3H3. The fourth-order valence-electron chi connectivity index (χ4n) is 2.59. The maximum atomic E-state index is 12.8. The monoisotopic (exact) mass is 292 g/mol. The molecule has 1 atom stereocenters. The average molecular weight is 292 g/mol. The Kier molecular flexibility index (Phi) is 5.12. The Morgan fingerprint density at radius 2 is 2.33 bits per heavy atom. The van der Waals surface area contributed by atoms with Crippen molar-refractivity contribution in [2.45, 2.75) is 45.6 Å². The van der Waals surface area contributed by atoms with Crippen molar-refractivity contribution < 1.29 is 9.90 Å². The van der Waals surface area contributed by atoms with E-state index in [2.05, 4.69) is 15.3 Å². The van der Waals surface area contributed by atoms with Crippen LogP contribution in [0.1, 0.15) is 55.8 Å². The van der Waals surface area contributed by atoms with E-state index in [0.717, 1.165) is 12.8 Å². The van der Waals surface area contributed by atoms with Crippen LogP contribution in [0.2, 0.25) is 0 Å². The summed E-state index contributed by atoms with van der Waals surface area (Å²) in [6, 6.07) is -0.0931. The van der Waals surface area contributed by atoms with Crippen LogP contribution in [-0.2, 0) is 0 Å². The highest BCUT2D eigenvalue weighted by Gasteiger charge is 2.31. The zero-order valence-electron chi connectivity index (χ0n) is 13.0. The number of likely N-dealkylation sites (tertiary alicyclic amines) is 1.